The zero-order valence-corrected chi connectivity index (χ0v) is 13.7. The van der Waals surface area contributed by atoms with Gasteiger partial charge < -0.3 is 10.3 Å². The van der Waals surface area contributed by atoms with Gasteiger partial charge in [-0.15, -0.1) is 0 Å². The van der Waals surface area contributed by atoms with Crippen LogP contribution < -0.4 is 10.9 Å². The first-order valence-corrected chi connectivity index (χ1v) is 7.88. The second kappa shape index (κ2) is 6.66. The van der Waals surface area contributed by atoms with E-state index < -0.39 is 0 Å². The Bertz CT molecular complexity index is 960. The molecule has 24 heavy (non-hydrogen) atoms. The Kier molecular flexibility index (Phi) is 4.42. The maximum atomic E-state index is 12.2. The maximum absolute atomic E-state index is 12.2. The number of anilines is 1. The fraction of sp³-hybridized carbons (Fsp3) is 0.211. The second-order valence-corrected chi connectivity index (χ2v) is 5.83. The molecule has 2 aromatic carbocycles. The number of para-hydroxylation sites is 2. The van der Waals surface area contributed by atoms with Crippen molar-refractivity contribution in [2.75, 3.05) is 5.32 Å². The van der Waals surface area contributed by atoms with Crippen molar-refractivity contribution in [1.82, 2.24) is 9.97 Å². The fourth-order valence-corrected chi connectivity index (χ4v) is 2.57. The lowest BCUT2D eigenvalue weighted by atomic mass is 10.1. The molecular formula is C19H19N3O2. The van der Waals surface area contributed by atoms with Crippen LogP contribution in [0.25, 0.3) is 11.0 Å². The number of nitrogens with one attached hydrogen (secondary N) is 2. The van der Waals surface area contributed by atoms with E-state index in [2.05, 4.69) is 15.3 Å². The van der Waals surface area contributed by atoms with Gasteiger partial charge in [-0.2, -0.15) is 0 Å². The zero-order valence-electron chi connectivity index (χ0n) is 13.7. The molecule has 5 heteroatoms. The maximum Gasteiger partial charge on any atom is 0.270 e. The molecule has 1 heterocycles. The summed E-state index contributed by atoms with van der Waals surface area (Å²) in [6, 6.07) is 13.1. The van der Waals surface area contributed by atoms with Gasteiger partial charge in [-0.3, -0.25) is 9.59 Å². The molecular weight excluding hydrogens is 302 g/mol. The lowest BCUT2D eigenvalue weighted by molar-refractivity contribution is -0.116. The van der Waals surface area contributed by atoms with E-state index in [0.29, 0.717) is 17.6 Å². The quantitative estimate of drug-likeness (QED) is 0.775. The molecule has 2 N–H and O–H groups in total. The molecule has 0 radical (unpaired) electrons. The average molecular weight is 321 g/mol. The fourth-order valence-electron chi connectivity index (χ4n) is 2.57. The Morgan fingerprint density at radius 2 is 1.92 bits per heavy atom. The number of rotatable bonds is 4. The summed E-state index contributed by atoms with van der Waals surface area (Å²) >= 11 is 0. The van der Waals surface area contributed by atoms with Gasteiger partial charge in [0.05, 0.1) is 11.0 Å². The molecule has 0 atom stereocenters. The molecule has 3 rings (SSSR count). The van der Waals surface area contributed by atoms with Crippen molar-refractivity contribution < 1.29 is 4.79 Å². The van der Waals surface area contributed by atoms with Crippen molar-refractivity contribution in [2.45, 2.75) is 26.7 Å². The van der Waals surface area contributed by atoms with Crippen molar-refractivity contribution in [3.05, 3.63) is 69.6 Å². The first kappa shape index (κ1) is 15.9. The molecule has 0 aliphatic rings. The van der Waals surface area contributed by atoms with E-state index in [4.69, 9.17) is 0 Å². The molecule has 1 aromatic heterocycles. The third-order valence-electron chi connectivity index (χ3n) is 4.14. The van der Waals surface area contributed by atoms with Gasteiger partial charge >= 0.3 is 0 Å². The van der Waals surface area contributed by atoms with Crippen LogP contribution in [0.15, 0.2) is 47.3 Å². The number of hydrogen-bond acceptors (Lipinski definition) is 3. The number of carbonyl (C=O) groups is 1. The van der Waals surface area contributed by atoms with Crippen LogP contribution in [0.3, 0.4) is 0 Å². The molecule has 0 fully saturated rings. The summed E-state index contributed by atoms with van der Waals surface area (Å²) in [5.41, 5.74) is 4.54. The molecule has 0 aliphatic heterocycles. The number of H-pyrrole nitrogens is 1. The highest BCUT2D eigenvalue weighted by Gasteiger charge is 2.10. The van der Waals surface area contributed by atoms with Crippen LogP contribution in [-0.4, -0.2) is 15.9 Å². The minimum atomic E-state index is -0.242. The molecule has 0 bridgehead atoms. The molecule has 0 unspecified atom stereocenters. The Morgan fingerprint density at radius 3 is 2.75 bits per heavy atom. The van der Waals surface area contributed by atoms with E-state index >= 15 is 0 Å². The Hall–Kier alpha value is -2.95. The van der Waals surface area contributed by atoms with Crippen molar-refractivity contribution in [2.24, 2.45) is 0 Å². The van der Waals surface area contributed by atoms with Crippen molar-refractivity contribution in [3.63, 3.8) is 0 Å². The second-order valence-electron chi connectivity index (χ2n) is 5.83. The van der Waals surface area contributed by atoms with Crippen LogP contribution in [-0.2, 0) is 11.2 Å². The molecule has 5 nitrogen and oxygen atoms in total. The number of aryl methyl sites for hydroxylation is 2. The van der Waals surface area contributed by atoms with E-state index in [9.17, 15) is 9.59 Å². The highest BCUT2D eigenvalue weighted by Crippen LogP contribution is 2.18. The van der Waals surface area contributed by atoms with Gasteiger partial charge in [-0.1, -0.05) is 24.3 Å². The van der Waals surface area contributed by atoms with Crippen LogP contribution in [0.4, 0.5) is 5.69 Å². The highest BCUT2D eigenvalue weighted by atomic mass is 16.1. The predicted octanol–water partition coefficient (Wildman–Crippen LogP) is 3.11. The number of fused-ring (bicyclic) bond motifs is 1. The van der Waals surface area contributed by atoms with E-state index in [1.807, 2.05) is 50.2 Å². The summed E-state index contributed by atoms with van der Waals surface area (Å²) < 4.78 is 0. The normalized spacial score (nSPS) is 10.8. The number of aromatic amines is 1. The first-order valence-electron chi connectivity index (χ1n) is 7.88. The highest BCUT2D eigenvalue weighted by molar-refractivity contribution is 5.91. The molecule has 0 saturated carbocycles. The van der Waals surface area contributed by atoms with Gasteiger partial charge in [-0.05, 0) is 43.2 Å². The van der Waals surface area contributed by atoms with E-state index in [-0.39, 0.29) is 17.9 Å². The number of hydrogen-bond donors (Lipinski definition) is 2. The number of nitrogens with zero attached hydrogens (tertiary/aromatic N) is 1. The SMILES string of the molecule is Cc1cccc(NC(=O)CCc2nc3ccccc3[nH]c2=O)c1C. The molecule has 0 saturated heterocycles. The Balaban J connectivity index is 1.71. The number of aromatic nitrogens is 2. The van der Waals surface area contributed by atoms with E-state index in [0.717, 1.165) is 22.3 Å². The number of carbonyl (C=O) groups excluding carboxylic acids is 1. The van der Waals surface area contributed by atoms with Gasteiger partial charge in [-0.25, -0.2) is 4.98 Å². The molecule has 122 valence electrons. The molecule has 3 aromatic rings. The molecule has 0 aliphatic carbocycles. The topological polar surface area (TPSA) is 74.8 Å². The summed E-state index contributed by atoms with van der Waals surface area (Å²) in [5.74, 6) is -0.127. The Morgan fingerprint density at radius 1 is 1.12 bits per heavy atom. The number of benzene rings is 2. The largest absolute Gasteiger partial charge is 0.326 e. The van der Waals surface area contributed by atoms with Crippen molar-refractivity contribution >= 4 is 22.6 Å². The standard InChI is InChI=1S/C19H19N3O2/c1-12-6-5-9-14(13(12)2)21-18(23)11-10-17-19(24)22-16-8-4-3-7-15(16)20-17/h3-9H,10-11H2,1-2H3,(H,21,23)(H,22,24). The summed E-state index contributed by atoms with van der Waals surface area (Å²) in [6.07, 6.45) is 0.513. The van der Waals surface area contributed by atoms with E-state index in [1.165, 1.54) is 0 Å². The molecule has 0 spiro atoms. The van der Waals surface area contributed by atoms with Crippen LogP contribution >= 0.6 is 0 Å². The lowest BCUT2D eigenvalue weighted by Gasteiger charge is -2.10. The number of amides is 1. The zero-order chi connectivity index (χ0) is 17.1. The monoisotopic (exact) mass is 321 g/mol. The summed E-state index contributed by atoms with van der Waals surface area (Å²) in [5, 5.41) is 2.90. The average Bonchev–Trinajstić information content (AvgIpc) is 2.57. The van der Waals surface area contributed by atoms with E-state index in [1.54, 1.807) is 6.07 Å². The third kappa shape index (κ3) is 3.35. The third-order valence-corrected chi connectivity index (χ3v) is 4.14. The van der Waals surface area contributed by atoms with Crippen molar-refractivity contribution in [1.29, 1.82) is 0 Å². The summed E-state index contributed by atoms with van der Waals surface area (Å²) in [7, 11) is 0. The van der Waals surface area contributed by atoms with Crippen molar-refractivity contribution in [3.8, 4) is 0 Å². The van der Waals surface area contributed by atoms with Gasteiger partial charge in [0.15, 0.2) is 0 Å². The molecule has 1 amide bonds. The van der Waals surface area contributed by atoms with Crippen LogP contribution in [0.1, 0.15) is 23.2 Å². The predicted molar refractivity (Wildman–Crippen MR) is 95.2 cm³/mol. The van der Waals surface area contributed by atoms with Gasteiger partial charge in [0.2, 0.25) is 5.91 Å². The minimum absolute atomic E-state index is 0.127. The minimum Gasteiger partial charge on any atom is -0.326 e. The van der Waals surface area contributed by atoms with Gasteiger partial charge in [0.1, 0.15) is 5.69 Å². The van der Waals surface area contributed by atoms with Crippen LogP contribution in [0, 0.1) is 13.8 Å². The van der Waals surface area contributed by atoms with Crippen LogP contribution in [0.2, 0.25) is 0 Å². The van der Waals surface area contributed by atoms with Gasteiger partial charge in [0, 0.05) is 18.5 Å². The Labute approximate surface area is 139 Å². The van der Waals surface area contributed by atoms with Crippen LogP contribution in [0.5, 0.6) is 0 Å². The smallest absolute Gasteiger partial charge is 0.270 e. The summed E-state index contributed by atoms with van der Waals surface area (Å²) in [4.78, 5) is 31.4. The van der Waals surface area contributed by atoms with Gasteiger partial charge in [0.25, 0.3) is 5.56 Å². The first-order chi connectivity index (χ1) is 11.5. The lowest BCUT2D eigenvalue weighted by Crippen LogP contribution is -2.19. The summed E-state index contributed by atoms with van der Waals surface area (Å²) in [6.45, 7) is 3.98.